The van der Waals surface area contributed by atoms with Gasteiger partial charge in [0.05, 0.1) is 11.3 Å². The van der Waals surface area contributed by atoms with E-state index in [4.69, 9.17) is 0 Å². The monoisotopic (exact) mass is 407 g/mol. The van der Waals surface area contributed by atoms with E-state index < -0.39 is 11.7 Å². The molecule has 1 aromatic carbocycles. The second-order valence-corrected chi connectivity index (χ2v) is 7.23. The number of rotatable bonds is 3. The number of anilines is 3. The third-order valence-corrected chi connectivity index (χ3v) is 4.90. The van der Waals surface area contributed by atoms with Crippen molar-refractivity contribution in [2.75, 3.05) is 48.8 Å². The van der Waals surface area contributed by atoms with E-state index in [-0.39, 0.29) is 12.1 Å². The number of hydrogen-bond acceptors (Lipinski definition) is 4. The Bertz CT molecular complexity index is 854. The van der Waals surface area contributed by atoms with Gasteiger partial charge in [0.15, 0.2) is 5.82 Å². The highest BCUT2D eigenvalue weighted by atomic mass is 19.4. The molecular weight excluding hydrogens is 383 g/mol. The third kappa shape index (κ3) is 4.72. The van der Waals surface area contributed by atoms with Crippen LogP contribution in [0.2, 0.25) is 0 Å². The molecule has 1 unspecified atom stereocenters. The van der Waals surface area contributed by atoms with Gasteiger partial charge in [-0.2, -0.15) is 13.2 Å². The molecular formula is C20H24F3N5O. The van der Waals surface area contributed by atoms with E-state index in [1.165, 1.54) is 12.1 Å². The summed E-state index contributed by atoms with van der Waals surface area (Å²) in [4.78, 5) is 22.9. The number of piperazine rings is 1. The zero-order valence-corrected chi connectivity index (χ0v) is 16.6. The van der Waals surface area contributed by atoms with E-state index in [0.717, 1.165) is 23.6 Å². The number of nitrogens with one attached hydrogen (secondary N) is 1. The van der Waals surface area contributed by atoms with Crippen LogP contribution in [0.1, 0.15) is 12.5 Å². The van der Waals surface area contributed by atoms with Crippen molar-refractivity contribution < 1.29 is 18.0 Å². The van der Waals surface area contributed by atoms with Crippen LogP contribution >= 0.6 is 0 Å². The zero-order chi connectivity index (χ0) is 21.2. The second kappa shape index (κ2) is 8.18. The maximum absolute atomic E-state index is 12.7. The number of hydrogen-bond donors (Lipinski definition) is 1. The molecule has 0 radical (unpaired) electrons. The predicted octanol–water partition coefficient (Wildman–Crippen LogP) is 3.91. The van der Waals surface area contributed by atoms with Crippen molar-refractivity contribution in [2.24, 2.45) is 0 Å². The quantitative estimate of drug-likeness (QED) is 0.838. The molecule has 1 aromatic heterocycles. The fourth-order valence-corrected chi connectivity index (χ4v) is 3.37. The van der Waals surface area contributed by atoms with Crippen molar-refractivity contribution in [3.63, 3.8) is 0 Å². The van der Waals surface area contributed by atoms with Crippen LogP contribution in [0.25, 0.3) is 0 Å². The molecule has 9 heteroatoms. The molecule has 0 aliphatic carbocycles. The number of aromatic nitrogens is 1. The minimum absolute atomic E-state index is 0.0878. The molecule has 0 spiro atoms. The second-order valence-electron chi connectivity index (χ2n) is 7.23. The molecule has 0 bridgehead atoms. The Morgan fingerprint density at radius 1 is 1.17 bits per heavy atom. The van der Waals surface area contributed by atoms with Gasteiger partial charge in [0.2, 0.25) is 0 Å². The lowest BCUT2D eigenvalue weighted by molar-refractivity contribution is -0.137. The van der Waals surface area contributed by atoms with Gasteiger partial charge in [0, 0.05) is 51.7 Å². The zero-order valence-electron chi connectivity index (χ0n) is 16.6. The van der Waals surface area contributed by atoms with Crippen molar-refractivity contribution in [3.8, 4) is 0 Å². The first-order valence-corrected chi connectivity index (χ1v) is 9.29. The highest BCUT2D eigenvalue weighted by Crippen LogP contribution is 2.30. The number of halogens is 3. The SMILES string of the molecule is CC1CN(c2ncccc2N(C)C)CCN1C(=O)Nc1ccc(C(F)(F)F)cc1. The van der Waals surface area contributed by atoms with Crippen LogP contribution in [0, 0.1) is 0 Å². The van der Waals surface area contributed by atoms with Gasteiger partial charge in [-0.3, -0.25) is 0 Å². The first-order chi connectivity index (χ1) is 13.7. The maximum atomic E-state index is 12.7. The summed E-state index contributed by atoms with van der Waals surface area (Å²) in [6.07, 6.45) is -2.65. The molecule has 1 aliphatic heterocycles. The fraction of sp³-hybridized carbons (Fsp3) is 0.400. The molecule has 1 saturated heterocycles. The molecule has 29 heavy (non-hydrogen) atoms. The van der Waals surface area contributed by atoms with Gasteiger partial charge in [-0.15, -0.1) is 0 Å². The number of urea groups is 1. The van der Waals surface area contributed by atoms with Crippen molar-refractivity contribution >= 4 is 23.2 Å². The summed E-state index contributed by atoms with van der Waals surface area (Å²) in [7, 11) is 3.91. The Kier molecular flexibility index (Phi) is 5.86. The number of carbonyl (C=O) groups is 1. The van der Waals surface area contributed by atoms with E-state index in [1.54, 1.807) is 11.1 Å². The smallest absolute Gasteiger partial charge is 0.375 e. The van der Waals surface area contributed by atoms with Gasteiger partial charge in [0.25, 0.3) is 0 Å². The summed E-state index contributed by atoms with van der Waals surface area (Å²) in [6, 6.07) is 7.91. The normalized spacial score (nSPS) is 17.2. The fourth-order valence-electron chi connectivity index (χ4n) is 3.37. The van der Waals surface area contributed by atoms with E-state index in [9.17, 15) is 18.0 Å². The number of nitrogens with zero attached hydrogens (tertiary/aromatic N) is 4. The topological polar surface area (TPSA) is 51.7 Å². The van der Waals surface area contributed by atoms with Gasteiger partial charge in [-0.05, 0) is 43.3 Å². The summed E-state index contributed by atoms with van der Waals surface area (Å²) in [5.41, 5.74) is 0.587. The molecule has 1 N–H and O–H groups in total. The van der Waals surface area contributed by atoms with Gasteiger partial charge in [-0.25, -0.2) is 9.78 Å². The average Bonchev–Trinajstić information content (AvgIpc) is 2.67. The molecule has 2 heterocycles. The van der Waals surface area contributed by atoms with E-state index in [1.807, 2.05) is 38.1 Å². The third-order valence-electron chi connectivity index (χ3n) is 4.90. The number of carbonyl (C=O) groups excluding carboxylic acids is 1. The highest BCUT2D eigenvalue weighted by Gasteiger charge is 2.31. The van der Waals surface area contributed by atoms with Crippen molar-refractivity contribution in [2.45, 2.75) is 19.1 Å². The Balaban J connectivity index is 1.65. The van der Waals surface area contributed by atoms with Crippen molar-refractivity contribution in [1.29, 1.82) is 0 Å². The van der Waals surface area contributed by atoms with Gasteiger partial charge < -0.3 is 20.0 Å². The molecule has 2 aromatic rings. The molecule has 156 valence electrons. The minimum atomic E-state index is -4.40. The molecule has 1 atom stereocenters. The van der Waals surface area contributed by atoms with E-state index >= 15 is 0 Å². The molecule has 2 amide bonds. The highest BCUT2D eigenvalue weighted by molar-refractivity contribution is 5.89. The van der Waals surface area contributed by atoms with Crippen LogP contribution in [0.3, 0.4) is 0 Å². The van der Waals surface area contributed by atoms with Crippen LogP contribution in [0.4, 0.5) is 35.2 Å². The van der Waals surface area contributed by atoms with Gasteiger partial charge >= 0.3 is 12.2 Å². The number of amides is 2. The molecule has 0 saturated carbocycles. The van der Waals surface area contributed by atoms with E-state index in [0.29, 0.717) is 25.3 Å². The van der Waals surface area contributed by atoms with Crippen LogP contribution in [-0.4, -0.2) is 55.7 Å². The van der Waals surface area contributed by atoms with Crippen LogP contribution < -0.4 is 15.1 Å². The number of benzene rings is 1. The number of pyridine rings is 1. The van der Waals surface area contributed by atoms with Gasteiger partial charge in [-0.1, -0.05) is 0 Å². The van der Waals surface area contributed by atoms with Crippen LogP contribution in [-0.2, 0) is 6.18 Å². The van der Waals surface area contributed by atoms with E-state index in [2.05, 4.69) is 15.2 Å². The van der Waals surface area contributed by atoms with Crippen molar-refractivity contribution in [1.82, 2.24) is 9.88 Å². The lowest BCUT2D eigenvalue weighted by Gasteiger charge is -2.41. The summed E-state index contributed by atoms with van der Waals surface area (Å²) >= 11 is 0. The summed E-state index contributed by atoms with van der Waals surface area (Å²) in [6.45, 7) is 3.65. The Hall–Kier alpha value is -2.97. The lowest BCUT2D eigenvalue weighted by Crippen LogP contribution is -2.55. The molecule has 1 aliphatic rings. The minimum Gasteiger partial charge on any atom is -0.375 e. The van der Waals surface area contributed by atoms with Gasteiger partial charge in [0.1, 0.15) is 0 Å². The molecule has 6 nitrogen and oxygen atoms in total. The Morgan fingerprint density at radius 3 is 2.45 bits per heavy atom. The first-order valence-electron chi connectivity index (χ1n) is 9.29. The van der Waals surface area contributed by atoms with Crippen LogP contribution in [0.15, 0.2) is 42.6 Å². The standard InChI is InChI=1S/C20H24F3N5O/c1-14-13-27(18-17(26(2)3)5-4-10-24-18)11-12-28(14)19(29)25-16-8-6-15(7-9-16)20(21,22)23/h4-10,14H,11-13H2,1-3H3,(H,25,29). The summed E-state index contributed by atoms with van der Waals surface area (Å²) < 4.78 is 38.0. The molecule has 3 rings (SSSR count). The average molecular weight is 407 g/mol. The first kappa shape index (κ1) is 20.8. The largest absolute Gasteiger partial charge is 0.416 e. The predicted molar refractivity (Wildman–Crippen MR) is 107 cm³/mol. The van der Waals surface area contributed by atoms with Crippen molar-refractivity contribution in [3.05, 3.63) is 48.2 Å². The van der Waals surface area contributed by atoms with Crippen LogP contribution in [0.5, 0.6) is 0 Å². The maximum Gasteiger partial charge on any atom is 0.416 e. The Labute approximate surface area is 167 Å². The molecule has 1 fully saturated rings. The number of alkyl halides is 3. The lowest BCUT2D eigenvalue weighted by atomic mass is 10.2. The Morgan fingerprint density at radius 2 is 1.86 bits per heavy atom. The summed E-state index contributed by atoms with van der Waals surface area (Å²) in [5.74, 6) is 0.868. The summed E-state index contributed by atoms with van der Waals surface area (Å²) in [5, 5.41) is 2.68.